The molecule has 5 rings (SSSR count). The number of amides is 1. The number of nitrogens with one attached hydrogen (secondary N) is 1. The van der Waals surface area contributed by atoms with Gasteiger partial charge in [0.1, 0.15) is 17.3 Å². The van der Waals surface area contributed by atoms with E-state index in [1.54, 1.807) is 43.3 Å². The topological polar surface area (TPSA) is 76.6 Å². The number of aromatic nitrogens is 1. The number of benzene rings is 2. The number of aryl methyl sites for hydroxylation is 1. The monoisotopic (exact) mass is 473 g/mol. The summed E-state index contributed by atoms with van der Waals surface area (Å²) in [5, 5.41) is 2.89. The number of carbonyl (C=O) groups excluding carboxylic acids is 1. The lowest BCUT2D eigenvalue weighted by Gasteiger charge is -2.25. The van der Waals surface area contributed by atoms with E-state index in [-0.39, 0.29) is 11.5 Å². The van der Waals surface area contributed by atoms with Gasteiger partial charge in [0, 0.05) is 11.8 Å². The standard InChI is InChI=1S/C26H20FN3O3S/c1-15-8-13-20(33-15)14-21-25(32)30-23(17-9-11-18(27)12-10-17)22(16(2)28-26(30)34-21)24(31)29-19-6-4-3-5-7-19/h3-14,23H,1-2H3,(H,29,31)/b21-14-/t23-/m0/s1. The van der Waals surface area contributed by atoms with E-state index in [1.165, 1.54) is 28.0 Å². The van der Waals surface area contributed by atoms with Crippen LogP contribution in [0.3, 0.4) is 0 Å². The van der Waals surface area contributed by atoms with Gasteiger partial charge in [-0.05, 0) is 55.8 Å². The Morgan fingerprint density at radius 3 is 2.50 bits per heavy atom. The molecule has 1 aliphatic rings. The molecule has 3 heterocycles. The van der Waals surface area contributed by atoms with Crippen LogP contribution in [0.4, 0.5) is 10.1 Å². The fourth-order valence-electron chi connectivity index (χ4n) is 3.95. The molecule has 0 saturated heterocycles. The molecule has 170 valence electrons. The minimum atomic E-state index is -0.763. The summed E-state index contributed by atoms with van der Waals surface area (Å²) in [6.07, 6.45) is 1.67. The zero-order valence-corrected chi connectivity index (χ0v) is 19.2. The molecule has 0 bridgehead atoms. The Hall–Kier alpha value is -4.04. The maximum absolute atomic E-state index is 13.7. The Labute approximate surface area is 198 Å². The molecule has 0 unspecified atom stereocenters. The predicted octanol–water partition coefficient (Wildman–Crippen LogP) is 3.91. The Morgan fingerprint density at radius 1 is 1.09 bits per heavy atom. The van der Waals surface area contributed by atoms with Crippen molar-refractivity contribution in [3.8, 4) is 0 Å². The number of fused-ring (bicyclic) bond motifs is 1. The molecule has 34 heavy (non-hydrogen) atoms. The van der Waals surface area contributed by atoms with Crippen molar-refractivity contribution in [1.29, 1.82) is 0 Å². The van der Waals surface area contributed by atoms with Crippen LogP contribution in [0, 0.1) is 12.7 Å². The zero-order valence-electron chi connectivity index (χ0n) is 18.4. The number of hydrogen-bond acceptors (Lipinski definition) is 5. The summed E-state index contributed by atoms with van der Waals surface area (Å²) in [5.41, 5.74) is 1.74. The van der Waals surface area contributed by atoms with Crippen molar-refractivity contribution in [3.63, 3.8) is 0 Å². The van der Waals surface area contributed by atoms with Crippen LogP contribution in [0.1, 0.15) is 30.0 Å². The lowest BCUT2D eigenvalue weighted by molar-refractivity contribution is -0.113. The van der Waals surface area contributed by atoms with E-state index < -0.39 is 11.9 Å². The maximum atomic E-state index is 13.7. The average molecular weight is 474 g/mol. The molecular formula is C26H20FN3O3S. The first-order valence-electron chi connectivity index (χ1n) is 10.6. The van der Waals surface area contributed by atoms with Crippen molar-refractivity contribution >= 4 is 29.0 Å². The van der Waals surface area contributed by atoms with E-state index in [9.17, 15) is 14.0 Å². The van der Waals surface area contributed by atoms with Crippen LogP contribution in [0.5, 0.6) is 0 Å². The minimum absolute atomic E-state index is 0.301. The molecule has 4 aromatic rings. The molecule has 0 saturated carbocycles. The van der Waals surface area contributed by atoms with E-state index in [0.717, 1.165) is 5.76 Å². The van der Waals surface area contributed by atoms with Crippen LogP contribution in [0.25, 0.3) is 6.08 Å². The van der Waals surface area contributed by atoms with E-state index in [4.69, 9.17) is 4.42 Å². The summed E-state index contributed by atoms with van der Waals surface area (Å²) in [4.78, 5) is 32.0. The summed E-state index contributed by atoms with van der Waals surface area (Å²) in [6.45, 7) is 3.57. The number of thiazole rings is 1. The summed E-state index contributed by atoms with van der Waals surface area (Å²) < 4.78 is 21.2. The normalized spacial score (nSPS) is 15.7. The van der Waals surface area contributed by atoms with Crippen molar-refractivity contribution in [1.82, 2.24) is 4.57 Å². The quantitative estimate of drug-likeness (QED) is 0.488. The first-order valence-corrected chi connectivity index (χ1v) is 11.4. The van der Waals surface area contributed by atoms with E-state index in [2.05, 4.69) is 10.3 Å². The van der Waals surface area contributed by atoms with Gasteiger partial charge in [-0.15, -0.1) is 0 Å². The van der Waals surface area contributed by atoms with E-state index in [0.29, 0.717) is 37.6 Å². The SMILES string of the molecule is CC1=C(C(=O)Nc2ccccc2)[C@H](c2ccc(F)cc2)n2c(s/c(=C\c3ccc(C)o3)c2=O)=N1. The number of allylic oxidation sites excluding steroid dienone is 1. The van der Waals surface area contributed by atoms with E-state index in [1.807, 2.05) is 31.2 Å². The average Bonchev–Trinajstić information content (AvgIpc) is 3.36. The van der Waals surface area contributed by atoms with Crippen LogP contribution < -0.4 is 20.2 Å². The van der Waals surface area contributed by atoms with Crippen LogP contribution in [-0.4, -0.2) is 10.5 Å². The Morgan fingerprint density at radius 2 is 1.82 bits per heavy atom. The van der Waals surface area contributed by atoms with Crippen LogP contribution >= 0.6 is 11.3 Å². The molecule has 1 amide bonds. The molecule has 2 aromatic carbocycles. The van der Waals surface area contributed by atoms with Gasteiger partial charge < -0.3 is 9.73 Å². The van der Waals surface area contributed by atoms with Crippen molar-refractivity contribution in [2.75, 3.05) is 5.32 Å². The van der Waals surface area contributed by atoms with Gasteiger partial charge in [-0.1, -0.05) is 41.7 Å². The van der Waals surface area contributed by atoms with Crippen LogP contribution in [-0.2, 0) is 4.79 Å². The summed E-state index contributed by atoms with van der Waals surface area (Å²) in [6, 6.07) is 17.7. The number of furan rings is 1. The van der Waals surface area contributed by atoms with Gasteiger partial charge in [-0.25, -0.2) is 9.38 Å². The largest absolute Gasteiger partial charge is 0.462 e. The number of para-hydroxylation sites is 1. The predicted molar refractivity (Wildman–Crippen MR) is 129 cm³/mol. The van der Waals surface area contributed by atoms with Crippen molar-refractivity contribution in [2.45, 2.75) is 19.9 Å². The summed E-state index contributed by atoms with van der Waals surface area (Å²) in [5.74, 6) is 0.510. The Bertz CT molecular complexity index is 1600. The van der Waals surface area contributed by atoms with Gasteiger partial charge >= 0.3 is 0 Å². The van der Waals surface area contributed by atoms with Crippen LogP contribution in [0.2, 0.25) is 0 Å². The van der Waals surface area contributed by atoms with Gasteiger partial charge in [0.2, 0.25) is 0 Å². The van der Waals surface area contributed by atoms with Crippen molar-refractivity contribution in [3.05, 3.63) is 121 Å². The lowest BCUT2D eigenvalue weighted by atomic mass is 9.95. The van der Waals surface area contributed by atoms with E-state index >= 15 is 0 Å². The van der Waals surface area contributed by atoms with Crippen molar-refractivity contribution in [2.24, 2.45) is 4.99 Å². The highest BCUT2D eigenvalue weighted by Gasteiger charge is 2.32. The van der Waals surface area contributed by atoms with Gasteiger partial charge in [0.05, 0.1) is 21.8 Å². The van der Waals surface area contributed by atoms with Gasteiger partial charge in [-0.2, -0.15) is 0 Å². The minimum Gasteiger partial charge on any atom is -0.462 e. The number of anilines is 1. The fraction of sp³-hybridized carbons (Fsp3) is 0.115. The fourth-order valence-corrected chi connectivity index (χ4v) is 4.98. The van der Waals surface area contributed by atoms with Crippen molar-refractivity contribution < 1.29 is 13.6 Å². The number of carbonyl (C=O) groups is 1. The zero-order chi connectivity index (χ0) is 23.8. The van der Waals surface area contributed by atoms with Gasteiger partial charge in [0.15, 0.2) is 4.80 Å². The first-order chi connectivity index (χ1) is 16.4. The smallest absolute Gasteiger partial charge is 0.271 e. The number of halogens is 1. The third-order valence-corrected chi connectivity index (χ3v) is 6.50. The second-order valence-electron chi connectivity index (χ2n) is 7.90. The molecule has 8 heteroatoms. The molecular weight excluding hydrogens is 453 g/mol. The number of hydrogen-bond donors (Lipinski definition) is 1. The van der Waals surface area contributed by atoms with Gasteiger partial charge in [-0.3, -0.25) is 14.2 Å². The molecule has 0 fully saturated rings. The molecule has 6 nitrogen and oxygen atoms in total. The molecule has 1 N–H and O–H groups in total. The molecule has 1 atom stereocenters. The molecule has 0 radical (unpaired) electrons. The highest BCUT2D eigenvalue weighted by molar-refractivity contribution is 7.07. The van der Waals surface area contributed by atoms with Crippen LogP contribution in [0.15, 0.2) is 92.2 Å². The maximum Gasteiger partial charge on any atom is 0.271 e. The Balaban J connectivity index is 1.68. The number of rotatable bonds is 4. The first kappa shape index (κ1) is 21.8. The Kier molecular flexibility index (Phi) is 5.59. The molecule has 0 spiro atoms. The summed E-state index contributed by atoms with van der Waals surface area (Å²) in [7, 11) is 0. The van der Waals surface area contributed by atoms with Gasteiger partial charge in [0.25, 0.3) is 11.5 Å². The third-order valence-electron chi connectivity index (χ3n) is 5.52. The molecule has 1 aliphatic heterocycles. The highest BCUT2D eigenvalue weighted by atomic mass is 32.1. The second kappa shape index (κ2) is 8.72. The molecule has 0 aliphatic carbocycles. The third kappa shape index (κ3) is 4.04. The highest BCUT2D eigenvalue weighted by Crippen LogP contribution is 2.30. The lowest BCUT2D eigenvalue weighted by Crippen LogP contribution is -2.40. The molecule has 2 aromatic heterocycles. The number of nitrogens with zero attached hydrogens (tertiary/aromatic N) is 2. The summed E-state index contributed by atoms with van der Waals surface area (Å²) >= 11 is 1.22. The second-order valence-corrected chi connectivity index (χ2v) is 8.91.